The van der Waals surface area contributed by atoms with Crippen molar-refractivity contribution in [2.45, 2.75) is 51.4 Å². The minimum absolute atomic E-state index is 0.0386. The Balaban J connectivity index is 1.24. The van der Waals surface area contributed by atoms with E-state index < -0.39 is 0 Å². The van der Waals surface area contributed by atoms with Gasteiger partial charge in [0.25, 0.3) is 0 Å². The second-order valence-electron chi connectivity index (χ2n) is 7.09. The molecule has 2 N–H and O–H groups in total. The minimum atomic E-state index is 0.0386. The third-order valence-corrected chi connectivity index (χ3v) is 6.12. The fourth-order valence-corrected chi connectivity index (χ4v) is 4.58. The predicted octanol–water partition coefficient (Wildman–Crippen LogP) is 1.76. The van der Waals surface area contributed by atoms with Gasteiger partial charge in [0.1, 0.15) is 0 Å². The van der Waals surface area contributed by atoms with Crippen molar-refractivity contribution in [1.29, 1.82) is 0 Å². The molecule has 3 atom stereocenters. The van der Waals surface area contributed by atoms with Crippen LogP contribution in [0.3, 0.4) is 0 Å². The zero-order chi connectivity index (χ0) is 13.0. The van der Waals surface area contributed by atoms with E-state index in [0.717, 1.165) is 6.42 Å². The number of nitrogens with one attached hydrogen (secondary N) is 2. The normalized spacial score (nSPS) is 40.8. The number of carbonyl (C=O) groups excluding carboxylic acids is 2. The Kier molecular flexibility index (Phi) is 2.45. The first-order chi connectivity index (χ1) is 9.21. The number of hydrogen-bond donors (Lipinski definition) is 2. The smallest absolute Gasteiger partial charge is 0.242 e. The number of rotatable bonds is 2. The Bertz CT molecular complexity index is 418. The number of amides is 2. The number of carbonyl (C=O) groups is 2. The van der Waals surface area contributed by atoms with Gasteiger partial charge in [0.15, 0.2) is 0 Å². The lowest BCUT2D eigenvalue weighted by Gasteiger charge is -2.26. The minimum Gasteiger partial charge on any atom is -0.273 e. The van der Waals surface area contributed by atoms with E-state index >= 15 is 0 Å². The molecule has 0 heterocycles. The molecule has 0 aromatic rings. The fourth-order valence-electron chi connectivity index (χ4n) is 4.58. The molecule has 0 radical (unpaired) electrons. The van der Waals surface area contributed by atoms with E-state index in [0.29, 0.717) is 17.3 Å². The molecule has 4 aliphatic carbocycles. The van der Waals surface area contributed by atoms with Gasteiger partial charge in [-0.3, -0.25) is 20.4 Å². The summed E-state index contributed by atoms with van der Waals surface area (Å²) in [4.78, 5) is 24.0. The maximum Gasteiger partial charge on any atom is 0.242 e. The monoisotopic (exact) mass is 262 g/mol. The van der Waals surface area contributed by atoms with Gasteiger partial charge in [0.2, 0.25) is 11.8 Å². The maximum atomic E-state index is 12.0. The van der Waals surface area contributed by atoms with Crippen LogP contribution in [0.5, 0.6) is 0 Å². The molecule has 4 fully saturated rings. The van der Waals surface area contributed by atoms with Crippen LogP contribution in [-0.2, 0) is 9.59 Å². The van der Waals surface area contributed by atoms with E-state index in [1.165, 1.54) is 44.9 Å². The Labute approximate surface area is 113 Å². The fraction of sp³-hybridized carbons (Fsp3) is 0.867. The van der Waals surface area contributed by atoms with Crippen molar-refractivity contribution >= 4 is 11.8 Å². The van der Waals surface area contributed by atoms with Crippen LogP contribution in [-0.4, -0.2) is 11.8 Å². The van der Waals surface area contributed by atoms with Gasteiger partial charge in [0, 0.05) is 11.8 Å². The molecule has 0 aromatic heterocycles. The van der Waals surface area contributed by atoms with Crippen LogP contribution in [0.15, 0.2) is 0 Å². The number of hydrazine groups is 1. The average molecular weight is 262 g/mol. The molecular formula is C15H22N2O2. The summed E-state index contributed by atoms with van der Waals surface area (Å²) in [6.45, 7) is 0. The van der Waals surface area contributed by atoms with Crippen molar-refractivity contribution in [2.24, 2.45) is 29.1 Å². The average Bonchev–Trinajstić information content (AvgIpc) is 3.24. The zero-order valence-electron chi connectivity index (χ0n) is 11.3. The largest absolute Gasteiger partial charge is 0.273 e. The van der Waals surface area contributed by atoms with Crippen LogP contribution in [0.1, 0.15) is 51.4 Å². The molecule has 0 saturated heterocycles. The van der Waals surface area contributed by atoms with Crippen LogP contribution >= 0.6 is 0 Å². The van der Waals surface area contributed by atoms with Crippen molar-refractivity contribution in [3.8, 4) is 0 Å². The van der Waals surface area contributed by atoms with Crippen molar-refractivity contribution in [3.05, 3.63) is 0 Å². The van der Waals surface area contributed by atoms with Crippen LogP contribution < -0.4 is 10.9 Å². The van der Waals surface area contributed by atoms with Crippen molar-refractivity contribution < 1.29 is 9.59 Å². The Hall–Kier alpha value is -1.06. The lowest BCUT2D eigenvalue weighted by Crippen LogP contribution is -2.44. The zero-order valence-corrected chi connectivity index (χ0v) is 11.3. The van der Waals surface area contributed by atoms with Gasteiger partial charge in [-0.05, 0) is 49.4 Å². The van der Waals surface area contributed by atoms with Gasteiger partial charge in [-0.25, -0.2) is 0 Å². The quantitative estimate of drug-likeness (QED) is 0.745. The van der Waals surface area contributed by atoms with Crippen molar-refractivity contribution in [3.63, 3.8) is 0 Å². The first-order valence-corrected chi connectivity index (χ1v) is 7.81. The highest BCUT2D eigenvalue weighted by Crippen LogP contribution is 2.65. The lowest BCUT2D eigenvalue weighted by molar-refractivity contribution is -0.131. The van der Waals surface area contributed by atoms with Gasteiger partial charge in [0.05, 0.1) is 0 Å². The van der Waals surface area contributed by atoms with Crippen LogP contribution in [0.25, 0.3) is 0 Å². The highest BCUT2D eigenvalue weighted by Gasteiger charge is 2.61. The molecule has 1 spiro atoms. The second kappa shape index (κ2) is 3.97. The molecule has 0 bridgehead atoms. The van der Waals surface area contributed by atoms with Gasteiger partial charge in [-0.15, -0.1) is 0 Å². The summed E-state index contributed by atoms with van der Waals surface area (Å²) in [5, 5.41) is 0. The molecule has 4 nitrogen and oxygen atoms in total. The van der Waals surface area contributed by atoms with E-state index in [-0.39, 0.29) is 23.7 Å². The van der Waals surface area contributed by atoms with Gasteiger partial charge < -0.3 is 0 Å². The third kappa shape index (κ3) is 1.79. The Morgan fingerprint density at radius 2 is 1.53 bits per heavy atom. The van der Waals surface area contributed by atoms with Crippen molar-refractivity contribution in [1.82, 2.24) is 10.9 Å². The first kappa shape index (κ1) is 11.7. The molecule has 0 unspecified atom stereocenters. The lowest BCUT2D eigenvalue weighted by atomic mass is 9.80. The topological polar surface area (TPSA) is 58.2 Å². The summed E-state index contributed by atoms with van der Waals surface area (Å²) in [6, 6.07) is 0. The molecule has 4 aliphatic rings. The highest BCUT2D eigenvalue weighted by atomic mass is 16.2. The number of fused-ring (bicyclic) bond motifs is 1. The molecule has 19 heavy (non-hydrogen) atoms. The maximum absolute atomic E-state index is 12.0. The summed E-state index contributed by atoms with van der Waals surface area (Å²) >= 11 is 0. The summed E-state index contributed by atoms with van der Waals surface area (Å²) < 4.78 is 0. The van der Waals surface area contributed by atoms with E-state index in [1.807, 2.05) is 0 Å². The molecule has 0 aromatic carbocycles. The molecule has 104 valence electrons. The SMILES string of the molecule is O=C(NNC(=O)[C@@H]1CC12CCC2)C1[C@@H]2CCCC[C@@H]12. The summed E-state index contributed by atoms with van der Waals surface area (Å²) in [6.07, 6.45) is 9.62. The molecular weight excluding hydrogens is 240 g/mol. The Morgan fingerprint density at radius 1 is 0.895 bits per heavy atom. The molecule has 4 rings (SSSR count). The van der Waals surface area contributed by atoms with Gasteiger partial charge in [-0.1, -0.05) is 19.3 Å². The molecule has 4 saturated carbocycles. The first-order valence-electron chi connectivity index (χ1n) is 7.81. The van der Waals surface area contributed by atoms with Crippen LogP contribution in [0.4, 0.5) is 0 Å². The molecule has 2 amide bonds. The van der Waals surface area contributed by atoms with Gasteiger partial charge >= 0.3 is 0 Å². The molecule has 0 aliphatic heterocycles. The summed E-state index contributed by atoms with van der Waals surface area (Å²) in [7, 11) is 0. The van der Waals surface area contributed by atoms with E-state index in [2.05, 4.69) is 10.9 Å². The van der Waals surface area contributed by atoms with Crippen LogP contribution in [0.2, 0.25) is 0 Å². The van der Waals surface area contributed by atoms with Crippen molar-refractivity contribution in [2.75, 3.05) is 0 Å². The number of hydrogen-bond acceptors (Lipinski definition) is 2. The Morgan fingerprint density at radius 3 is 2.05 bits per heavy atom. The predicted molar refractivity (Wildman–Crippen MR) is 69.6 cm³/mol. The standard InChI is InChI=1S/C15H22N2O2/c18-13(11-8-15(11)6-3-7-15)16-17-14(19)12-9-4-1-2-5-10(9)12/h9-12H,1-8H2,(H,16,18)(H,17,19)/t9-,10-,11+/m1/s1. The summed E-state index contributed by atoms with van der Waals surface area (Å²) in [5.74, 6) is 1.64. The van der Waals surface area contributed by atoms with E-state index in [9.17, 15) is 9.59 Å². The van der Waals surface area contributed by atoms with Gasteiger partial charge in [-0.2, -0.15) is 0 Å². The third-order valence-electron chi connectivity index (χ3n) is 6.12. The highest BCUT2D eigenvalue weighted by molar-refractivity contribution is 5.88. The van der Waals surface area contributed by atoms with Crippen LogP contribution in [0, 0.1) is 29.1 Å². The van der Waals surface area contributed by atoms with E-state index in [4.69, 9.17) is 0 Å². The summed E-state index contributed by atoms with van der Waals surface area (Å²) in [5.41, 5.74) is 5.67. The second-order valence-corrected chi connectivity index (χ2v) is 7.09. The molecule has 4 heteroatoms. The van der Waals surface area contributed by atoms with E-state index in [1.54, 1.807) is 0 Å².